The Labute approximate surface area is 119 Å². The summed E-state index contributed by atoms with van der Waals surface area (Å²) in [6.45, 7) is 0.128. The zero-order chi connectivity index (χ0) is 14.8. The Kier molecular flexibility index (Phi) is 4.12. The lowest BCUT2D eigenvalue weighted by Crippen LogP contribution is -2.26. The summed E-state index contributed by atoms with van der Waals surface area (Å²) in [6, 6.07) is 4.98. The molecular formula is C11H11N3O4S2. The Bertz CT molecular complexity index is 713. The quantitative estimate of drug-likeness (QED) is 0.620. The van der Waals surface area contributed by atoms with Crippen molar-refractivity contribution in [3.05, 3.63) is 51.0 Å². The number of nitro benzene ring substituents is 1. The lowest BCUT2D eigenvalue weighted by atomic mass is 10.3. The van der Waals surface area contributed by atoms with Gasteiger partial charge in [-0.2, -0.15) is 4.31 Å². The van der Waals surface area contributed by atoms with Crippen molar-refractivity contribution in [3.8, 4) is 0 Å². The number of thiazole rings is 1. The normalized spacial score (nSPS) is 11.7. The molecule has 0 aliphatic rings. The van der Waals surface area contributed by atoms with Gasteiger partial charge in [0.05, 0.1) is 16.4 Å². The Morgan fingerprint density at radius 1 is 1.45 bits per heavy atom. The van der Waals surface area contributed by atoms with Crippen LogP contribution in [-0.4, -0.2) is 29.7 Å². The van der Waals surface area contributed by atoms with Gasteiger partial charge in [-0.25, -0.2) is 13.4 Å². The van der Waals surface area contributed by atoms with Gasteiger partial charge in [-0.1, -0.05) is 6.07 Å². The maximum absolute atomic E-state index is 12.3. The molecule has 7 nitrogen and oxygen atoms in total. The zero-order valence-corrected chi connectivity index (χ0v) is 12.1. The minimum absolute atomic E-state index is 0.106. The molecule has 0 saturated carbocycles. The molecule has 1 heterocycles. The Hall–Kier alpha value is -1.84. The molecule has 0 spiro atoms. The standard InChI is InChI=1S/C11H11N3O4S2/c1-13(8-11-12-5-6-19-11)20(17,18)10-4-2-3-9(7-10)14(15)16/h2-7H,8H2,1H3. The number of nitrogens with zero attached hydrogens (tertiary/aromatic N) is 3. The van der Waals surface area contributed by atoms with E-state index in [1.54, 1.807) is 11.6 Å². The van der Waals surface area contributed by atoms with Crippen LogP contribution in [0.3, 0.4) is 0 Å². The van der Waals surface area contributed by atoms with E-state index in [4.69, 9.17) is 0 Å². The first-order valence-electron chi connectivity index (χ1n) is 5.50. The number of rotatable bonds is 5. The van der Waals surface area contributed by atoms with Crippen molar-refractivity contribution in [1.29, 1.82) is 0 Å². The molecule has 106 valence electrons. The van der Waals surface area contributed by atoms with Crippen molar-refractivity contribution in [1.82, 2.24) is 9.29 Å². The van der Waals surface area contributed by atoms with Crippen LogP contribution in [0.1, 0.15) is 5.01 Å². The van der Waals surface area contributed by atoms with Crippen molar-refractivity contribution in [3.63, 3.8) is 0 Å². The van der Waals surface area contributed by atoms with Crippen molar-refractivity contribution < 1.29 is 13.3 Å². The Morgan fingerprint density at radius 2 is 2.20 bits per heavy atom. The maximum Gasteiger partial charge on any atom is 0.270 e. The minimum atomic E-state index is -3.78. The van der Waals surface area contributed by atoms with Gasteiger partial charge in [-0.05, 0) is 6.07 Å². The molecule has 0 fully saturated rings. The predicted octanol–water partition coefficient (Wildman–Crippen LogP) is 1.87. The summed E-state index contributed by atoms with van der Waals surface area (Å²) in [5.41, 5.74) is -0.256. The highest BCUT2D eigenvalue weighted by atomic mass is 32.2. The molecule has 0 unspecified atom stereocenters. The summed E-state index contributed by atoms with van der Waals surface area (Å²) in [5, 5.41) is 13.1. The highest BCUT2D eigenvalue weighted by Crippen LogP contribution is 2.21. The smallest absolute Gasteiger partial charge is 0.258 e. The van der Waals surface area contributed by atoms with Crippen LogP contribution >= 0.6 is 11.3 Å². The number of nitro groups is 1. The van der Waals surface area contributed by atoms with Gasteiger partial charge in [0.1, 0.15) is 5.01 Å². The number of benzene rings is 1. The van der Waals surface area contributed by atoms with E-state index < -0.39 is 14.9 Å². The summed E-state index contributed by atoms with van der Waals surface area (Å²) in [5.74, 6) is 0. The molecule has 0 radical (unpaired) electrons. The van der Waals surface area contributed by atoms with Crippen LogP contribution in [-0.2, 0) is 16.6 Å². The van der Waals surface area contributed by atoms with E-state index in [1.807, 2.05) is 0 Å². The van der Waals surface area contributed by atoms with Gasteiger partial charge >= 0.3 is 0 Å². The summed E-state index contributed by atoms with van der Waals surface area (Å²) >= 11 is 1.35. The third-order valence-electron chi connectivity index (χ3n) is 2.58. The second kappa shape index (κ2) is 5.65. The first-order valence-corrected chi connectivity index (χ1v) is 7.82. The highest BCUT2D eigenvalue weighted by Gasteiger charge is 2.23. The summed E-state index contributed by atoms with van der Waals surface area (Å²) in [7, 11) is -2.36. The molecule has 20 heavy (non-hydrogen) atoms. The largest absolute Gasteiger partial charge is 0.270 e. The van der Waals surface area contributed by atoms with Crippen molar-refractivity contribution in [2.75, 3.05) is 7.05 Å². The fourth-order valence-corrected chi connectivity index (χ4v) is 3.47. The van der Waals surface area contributed by atoms with E-state index in [2.05, 4.69) is 4.98 Å². The number of sulfonamides is 1. The van der Waals surface area contributed by atoms with Crippen LogP contribution in [0.5, 0.6) is 0 Å². The molecular weight excluding hydrogens is 302 g/mol. The SMILES string of the molecule is CN(Cc1nccs1)S(=O)(=O)c1cccc([N+](=O)[O-])c1. The van der Waals surface area contributed by atoms with Crippen LogP contribution < -0.4 is 0 Å². The van der Waals surface area contributed by atoms with Crippen LogP contribution in [0.15, 0.2) is 40.7 Å². The number of aromatic nitrogens is 1. The molecule has 0 saturated heterocycles. The fraction of sp³-hybridized carbons (Fsp3) is 0.182. The molecule has 0 bridgehead atoms. The van der Waals surface area contributed by atoms with E-state index >= 15 is 0 Å². The third-order valence-corrected chi connectivity index (χ3v) is 5.14. The van der Waals surface area contributed by atoms with E-state index in [-0.39, 0.29) is 17.1 Å². The minimum Gasteiger partial charge on any atom is -0.258 e. The summed E-state index contributed by atoms with van der Waals surface area (Å²) in [4.78, 5) is 14.0. The van der Waals surface area contributed by atoms with E-state index in [1.165, 1.54) is 36.6 Å². The van der Waals surface area contributed by atoms with Crippen LogP contribution in [0.2, 0.25) is 0 Å². The zero-order valence-electron chi connectivity index (χ0n) is 10.5. The number of hydrogen-bond donors (Lipinski definition) is 0. The van der Waals surface area contributed by atoms with Gasteiger partial charge in [-0.3, -0.25) is 10.1 Å². The maximum atomic E-state index is 12.3. The Morgan fingerprint density at radius 3 is 2.80 bits per heavy atom. The Balaban J connectivity index is 2.29. The van der Waals surface area contributed by atoms with Gasteiger partial charge in [0, 0.05) is 30.8 Å². The van der Waals surface area contributed by atoms with Gasteiger partial charge in [0.25, 0.3) is 5.69 Å². The van der Waals surface area contributed by atoms with Gasteiger partial charge in [0.15, 0.2) is 0 Å². The van der Waals surface area contributed by atoms with Crippen molar-refractivity contribution >= 4 is 27.0 Å². The monoisotopic (exact) mass is 313 g/mol. The highest BCUT2D eigenvalue weighted by molar-refractivity contribution is 7.89. The lowest BCUT2D eigenvalue weighted by Gasteiger charge is -2.15. The molecule has 0 aliphatic carbocycles. The molecule has 1 aromatic heterocycles. The van der Waals surface area contributed by atoms with E-state index in [0.717, 1.165) is 10.4 Å². The van der Waals surface area contributed by atoms with Crippen LogP contribution in [0, 0.1) is 10.1 Å². The van der Waals surface area contributed by atoms with Gasteiger partial charge in [0.2, 0.25) is 10.0 Å². The summed E-state index contributed by atoms with van der Waals surface area (Å²) in [6.07, 6.45) is 1.59. The van der Waals surface area contributed by atoms with Crippen molar-refractivity contribution in [2.45, 2.75) is 11.4 Å². The summed E-state index contributed by atoms with van der Waals surface area (Å²) < 4.78 is 25.7. The number of hydrogen-bond acceptors (Lipinski definition) is 6. The first kappa shape index (κ1) is 14.6. The molecule has 2 rings (SSSR count). The third kappa shape index (κ3) is 3.00. The second-order valence-corrected chi connectivity index (χ2v) is 6.97. The van der Waals surface area contributed by atoms with E-state index in [0.29, 0.717) is 5.01 Å². The van der Waals surface area contributed by atoms with Crippen LogP contribution in [0.25, 0.3) is 0 Å². The first-order chi connectivity index (χ1) is 9.41. The molecule has 2 aromatic rings. The molecule has 9 heteroatoms. The molecule has 0 atom stereocenters. The lowest BCUT2D eigenvalue weighted by molar-refractivity contribution is -0.385. The molecule has 0 aliphatic heterocycles. The topological polar surface area (TPSA) is 93.4 Å². The van der Waals surface area contributed by atoms with Crippen LogP contribution in [0.4, 0.5) is 5.69 Å². The fourth-order valence-electron chi connectivity index (χ4n) is 1.54. The van der Waals surface area contributed by atoms with Gasteiger partial charge < -0.3 is 0 Å². The number of non-ortho nitro benzene ring substituents is 1. The molecule has 0 amide bonds. The van der Waals surface area contributed by atoms with E-state index in [9.17, 15) is 18.5 Å². The molecule has 0 N–H and O–H groups in total. The predicted molar refractivity (Wildman–Crippen MR) is 73.9 cm³/mol. The second-order valence-electron chi connectivity index (χ2n) is 3.94. The molecule has 1 aromatic carbocycles. The van der Waals surface area contributed by atoms with Gasteiger partial charge in [-0.15, -0.1) is 11.3 Å². The van der Waals surface area contributed by atoms with Crippen molar-refractivity contribution in [2.24, 2.45) is 0 Å². The average Bonchev–Trinajstić information content (AvgIpc) is 2.91. The average molecular weight is 313 g/mol.